The van der Waals surface area contributed by atoms with Crippen LogP contribution < -0.4 is 16.6 Å². The molecule has 0 unspecified atom stereocenters. The molecule has 0 bridgehead atoms. The Morgan fingerprint density at radius 1 is 1.10 bits per heavy atom. The van der Waals surface area contributed by atoms with Gasteiger partial charge in [-0.1, -0.05) is 18.5 Å². The zero-order chi connectivity index (χ0) is 22.0. The van der Waals surface area contributed by atoms with E-state index in [-0.39, 0.29) is 35.2 Å². The summed E-state index contributed by atoms with van der Waals surface area (Å²) < 4.78 is 2.23. The third kappa shape index (κ3) is 4.21. The largest absolute Gasteiger partial charge is 0.352 e. The normalized spacial score (nSPS) is 12.0. The molecule has 7 nitrogen and oxygen atoms in total. The number of rotatable bonds is 6. The third-order valence-corrected chi connectivity index (χ3v) is 5.19. The maximum atomic E-state index is 13.3. The van der Waals surface area contributed by atoms with Gasteiger partial charge in [-0.25, -0.2) is 9.36 Å². The van der Waals surface area contributed by atoms with E-state index in [0.29, 0.717) is 16.3 Å². The van der Waals surface area contributed by atoms with Crippen LogP contribution in [0.2, 0.25) is 5.02 Å². The number of nitrogens with one attached hydrogen (secondary N) is 1. The number of hydrogen-bond acceptors (Lipinski definition) is 4. The first kappa shape index (κ1) is 21.5. The fraction of sp³-hybridized carbons (Fsp3) is 0.273. The summed E-state index contributed by atoms with van der Waals surface area (Å²) in [7, 11) is 0. The van der Waals surface area contributed by atoms with Crippen LogP contribution in [0.1, 0.15) is 37.6 Å². The lowest BCUT2D eigenvalue weighted by atomic mass is 10.1. The molecule has 0 saturated heterocycles. The van der Waals surface area contributed by atoms with Crippen molar-refractivity contribution in [2.45, 2.75) is 39.8 Å². The molecule has 3 rings (SSSR count). The molecule has 1 amide bonds. The first-order valence-electron chi connectivity index (χ1n) is 9.58. The molecule has 156 valence electrons. The molecule has 2 aromatic carbocycles. The smallest absolute Gasteiger partial charge is 0.336 e. The zero-order valence-corrected chi connectivity index (χ0v) is 17.7. The first-order chi connectivity index (χ1) is 14.2. The van der Waals surface area contributed by atoms with Gasteiger partial charge in [-0.15, -0.1) is 0 Å². The lowest BCUT2D eigenvalue weighted by Gasteiger charge is -2.16. The molecule has 1 heterocycles. The molecule has 1 atom stereocenters. The number of fused-ring (bicyclic) bond motifs is 1. The average molecular weight is 428 g/mol. The number of halogens is 1. The first-order valence-corrected chi connectivity index (χ1v) is 9.96. The molecule has 1 aromatic heterocycles. The quantitative estimate of drug-likeness (QED) is 0.612. The summed E-state index contributed by atoms with van der Waals surface area (Å²) in [5.41, 5.74) is -0.130. The average Bonchev–Trinajstić information content (AvgIpc) is 2.71. The van der Waals surface area contributed by atoms with Crippen molar-refractivity contribution in [3.05, 3.63) is 73.9 Å². The minimum atomic E-state index is -0.662. The van der Waals surface area contributed by atoms with Gasteiger partial charge in [0.25, 0.3) is 5.56 Å². The van der Waals surface area contributed by atoms with Gasteiger partial charge in [0, 0.05) is 16.6 Å². The monoisotopic (exact) mass is 427 g/mol. The van der Waals surface area contributed by atoms with Gasteiger partial charge in [0.15, 0.2) is 5.78 Å². The summed E-state index contributed by atoms with van der Waals surface area (Å²) in [5.74, 6) is -0.467. The molecule has 30 heavy (non-hydrogen) atoms. The molecule has 1 N–H and O–H groups in total. The van der Waals surface area contributed by atoms with Gasteiger partial charge in [0.2, 0.25) is 5.91 Å². The topological polar surface area (TPSA) is 90.2 Å². The van der Waals surface area contributed by atoms with Crippen LogP contribution in [0.15, 0.2) is 52.1 Å². The van der Waals surface area contributed by atoms with Crippen molar-refractivity contribution in [3.63, 3.8) is 0 Å². The minimum Gasteiger partial charge on any atom is -0.352 e. The van der Waals surface area contributed by atoms with E-state index in [1.54, 1.807) is 18.2 Å². The molecule has 3 aromatic rings. The van der Waals surface area contributed by atoms with Crippen LogP contribution in [0, 0.1) is 0 Å². The predicted molar refractivity (Wildman–Crippen MR) is 117 cm³/mol. The predicted octanol–water partition coefficient (Wildman–Crippen LogP) is 2.92. The highest BCUT2D eigenvalue weighted by atomic mass is 35.5. The standard InChI is InChI=1S/C22H22ClN3O4/c1-4-13(2)24-20(28)12-25-19-11-16(23)7-10-18(19)21(29)26(22(25)30)17-8-5-15(6-9-17)14(3)27/h5-11,13H,4,12H2,1-3H3,(H,24,28)/t13-/m0/s1. The van der Waals surface area contributed by atoms with Crippen LogP contribution in [-0.2, 0) is 11.3 Å². The Bertz CT molecular complexity index is 1240. The Morgan fingerprint density at radius 3 is 2.37 bits per heavy atom. The van der Waals surface area contributed by atoms with Crippen LogP contribution in [0.25, 0.3) is 16.6 Å². The van der Waals surface area contributed by atoms with Crippen LogP contribution >= 0.6 is 11.6 Å². The Labute approximate surface area is 177 Å². The number of ketones is 1. The molecule has 0 radical (unpaired) electrons. The van der Waals surface area contributed by atoms with E-state index < -0.39 is 11.2 Å². The zero-order valence-electron chi connectivity index (χ0n) is 16.9. The summed E-state index contributed by atoms with van der Waals surface area (Å²) in [4.78, 5) is 50.4. The number of benzene rings is 2. The van der Waals surface area contributed by atoms with Crippen molar-refractivity contribution in [1.29, 1.82) is 0 Å². The number of nitrogens with zero attached hydrogens (tertiary/aromatic N) is 2. The van der Waals surface area contributed by atoms with Crippen molar-refractivity contribution in [2.24, 2.45) is 0 Å². The summed E-state index contributed by atoms with van der Waals surface area (Å²) in [6, 6.07) is 10.7. The minimum absolute atomic E-state index is 0.0481. The van der Waals surface area contributed by atoms with E-state index in [0.717, 1.165) is 11.0 Å². The number of carbonyl (C=O) groups is 2. The van der Waals surface area contributed by atoms with Gasteiger partial charge in [-0.2, -0.15) is 0 Å². The maximum Gasteiger partial charge on any atom is 0.336 e. The van der Waals surface area contributed by atoms with Crippen molar-refractivity contribution in [2.75, 3.05) is 0 Å². The molecule has 0 aliphatic rings. The Morgan fingerprint density at radius 2 is 1.77 bits per heavy atom. The molecule has 0 fully saturated rings. The summed E-state index contributed by atoms with van der Waals surface area (Å²) in [5, 5.41) is 3.43. The van der Waals surface area contributed by atoms with E-state index >= 15 is 0 Å². The second-order valence-corrected chi connectivity index (χ2v) is 7.59. The highest BCUT2D eigenvalue weighted by molar-refractivity contribution is 6.31. The second-order valence-electron chi connectivity index (χ2n) is 7.15. The van der Waals surface area contributed by atoms with Crippen molar-refractivity contribution >= 4 is 34.2 Å². The Balaban J connectivity index is 2.23. The number of carbonyl (C=O) groups excluding carboxylic acids is 2. The molecule has 0 saturated carbocycles. The van der Waals surface area contributed by atoms with Gasteiger partial charge in [0.05, 0.1) is 16.6 Å². The van der Waals surface area contributed by atoms with Crippen LogP contribution in [0.5, 0.6) is 0 Å². The summed E-state index contributed by atoms with van der Waals surface area (Å²) in [6.07, 6.45) is 0.745. The van der Waals surface area contributed by atoms with E-state index in [9.17, 15) is 19.2 Å². The highest BCUT2D eigenvalue weighted by Crippen LogP contribution is 2.17. The SMILES string of the molecule is CC[C@H](C)NC(=O)Cn1c(=O)n(-c2ccc(C(C)=O)cc2)c(=O)c2ccc(Cl)cc21. The van der Waals surface area contributed by atoms with Gasteiger partial charge in [-0.05, 0) is 62.7 Å². The molecule has 8 heteroatoms. The molecule has 0 aliphatic heterocycles. The molecule has 0 aliphatic carbocycles. The number of Topliss-reactive ketones (excluding diaryl/α,β-unsaturated/α-hetero) is 1. The Kier molecular flexibility index (Phi) is 6.22. The summed E-state index contributed by atoms with van der Waals surface area (Å²) >= 11 is 6.09. The van der Waals surface area contributed by atoms with Gasteiger partial charge >= 0.3 is 5.69 Å². The lowest BCUT2D eigenvalue weighted by Crippen LogP contribution is -2.43. The lowest BCUT2D eigenvalue weighted by molar-refractivity contribution is -0.122. The van der Waals surface area contributed by atoms with Crippen molar-refractivity contribution in [1.82, 2.24) is 14.5 Å². The van der Waals surface area contributed by atoms with E-state index in [4.69, 9.17) is 11.6 Å². The van der Waals surface area contributed by atoms with Gasteiger partial charge in [0.1, 0.15) is 6.54 Å². The fourth-order valence-corrected chi connectivity index (χ4v) is 3.30. The van der Waals surface area contributed by atoms with Crippen molar-refractivity contribution in [3.8, 4) is 5.69 Å². The van der Waals surface area contributed by atoms with E-state index in [1.165, 1.54) is 35.8 Å². The van der Waals surface area contributed by atoms with Gasteiger partial charge in [-0.3, -0.25) is 19.0 Å². The molecular weight excluding hydrogens is 406 g/mol. The van der Waals surface area contributed by atoms with Crippen molar-refractivity contribution < 1.29 is 9.59 Å². The van der Waals surface area contributed by atoms with Crippen LogP contribution in [0.4, 0.5) is 0 Å². The van der Waals surface area contributed by atoms with E-state index in [2.05, 4.69) is 5.32 Å². The Hall–Kier alpha value is -3.19. The third-order valence-electron chi connectivity index (χ3n) is 4.96. The highest BCUT2D eigenvalue weighted by Gasteiger charge is 2.18. The number of aromatic nitrogens is 2. The number of amides is 1. The maximum absolute atomic E-state index is 13.3. The van der Waals surface area contributed by atoms with Crippen LogP contribution in [0.3, 0.4) is 0 Å². The van der Waals surface area contributed by atoms with Crippen LogP contribution in [-0.4, -0.2) is 26.9 Å². The molecular formula is C22H22ClN3O4. The van der Waals surface area contributed by atoms with Gasteiger partial charge < -0.3 is 5.32 Å². The summed E-state index contributed by atoms with van der Waals surface area (Å²) in [6.45, 7) is 4.99. The fourth-order valence-electron chi connectivity index (χ4n) is 3.13. The van der Waals surface area contributed by atoms with E-state index in [1.807, 2.05) is 13.8 Å². The number of hydrogen-bond donors (Lipinski definition) is 1. The molecule has 0 spiro atoms. The second kappa shape index (κ2) is 8.67.